The first-order valence-electron chi connectivity index (χ1n) is 3.61. The first-order chi connectivity index (χ1) is 5.49. The van der Waals surface area contributed by atoms with Crippen LogP contribution in [-0.2, 0) is 14.9 Å². The Bertz CT molecular complexity index is 296. The zero-order chi connectivity index (χ0) is 9.35. The molecule has 70 valence electrons. The third-order valence-corrected chi connectivity index (χ3v) is 3.78. The molecule has 5 nitrogen and oxygen atoms in total. The number of oxime groups is 1. The van der Waals surface area contributed by atoms with Gasteiger partial charge in [-0.25, -0.2) is 13.1 Å². The van der Waals surface area contributed by atoms with Crippen LogP contribution in [0.3, 0.4) is 0 Å². The van der Waals surface area contributed by atoms with Crippen molar-refractivity contribution in [2.45, 2.75) is 25.2 Å². The van der Waals surface area contributed by atoms with Crippen molar-refractivity contribution in [1.82, 2.24) is 4.72 Å². The highest BCUT2D eigenvalue weighted by atomic mass is 32.2. The Hall–Kier alpha value is -0.620. The minimum Gasteiger partial charge on any atom is -0.391 e. The molecule has 0 bridgehead atoms. The van der Waals surface area contributed by atoms with Gasteiger partial charge in [0, 0.05) is 0 Å². The summed E-state index contributed by atoms with van der Waals surface area (Å²) in [4.78, 5) is 4.83. The molecule has 0 amide bonds. The second-order valence-corrected chi connectivity index (χ2v) is 4.72. The lowest BCUT2D eigenvalue weighted by atomic mass is 10.2. The van der Waals surface area contributed by atoms with Gasteiger partial charge in [-0.3, -0.25) is 0 Å². The van der Waals surface area contributed by atoms with E-state index < -0.39 is 21.4 Å². The van der Waals surface area contributed by atoms with Crippen LogP contribution in [0, 0.1) is 0 Å². The van der Waals surface area contributed by atoms with Gasteiger partial charge in [0.15, 0.2) is 5.25 Å². The van der Waals surface area contributed by atoms with Crippen LogP contribution in [0.15, 0.2) is 5.16 Å². The predicted octanol–water partition coefficient (Wildman–Crippen LogP) is -0.301. The van der Waals surface area contributed by atoms with E-state index >= 15 is 0 Å². The highest BCUT2D eigenvalue weighted by Gasteiger charge is 2.38. The number of sulfonamides is 1. The van der Waals surface area contributed by atoms with Gasteiger partial charge < -0.3 is 4.84 Å². The lowest BCUT2D eigenvalue weighted by Crippen LogP contribution is -2.40. The molecule has 0 aromatic carbocycles. The predicted molar refractivity (Wildman–Crippen MR) is 45.4 cm³/mol. The first kappa shape index (κ1) is 9.47. The van der Waals surface area contributed by atoms with Crippen molar-refractivity contribution in [3.8, 4) is 0 Å². The topological polar surface area (TPSA) is 67.8 Å². The molecule has 12 heavy (non-hydrogen) atoms. The van der Waals surface area contributed by atoms with Gasteiger partial charge >= 0.3 is 0 Å². The molecular formula is C6H12N2O3S. The molecule has 0 saturated heterocycles. The summed E-state index contributed by atoms with van der Waals surface area (Å²) < 4.78 is 25.0. The SMILES string of the molecule is CNS(=O)(=O)C1C(C)=NOC1C. The Labute approximate surface area is 71.8 Å². The molecule has 0 fully saturated rings. The summed E-state index contributed by atoms with van der Waals surface area (Å²) >= 11 is 0. The summed E-state index contributed by atoms with van der Waals surface area (Å²) in [6, 6.07) is 0. The molecule has 1 aliphatic rings. The highest BCUT2D eigenvalue weighted by Crippen LogP contribution is 2.17. The van der Waals surface area contributed by atoms with Crippen LogP contribution in [-0.4, -0.2) is 32.5 Å². The second kappa shape index (κ2) is 3.02. The summed E-state index contributed by atoms with van der Waals surface area (Å²) in [6.45, 7) is 3.32. The van der Waals surface area contributed by atoms with E-state index in [1.807, 2.05) is 0 Å². The summed E-state index contributed by atoms with van der Waals surface area (Å²) in [7, 11) is -1.92. The van der Waals surface area contributed by atoms with E-state index in [1.54, 1.807) is 13.8 Å². The molecule has 2 atom stereocenters. The van der Waals surface area contributed by atoms with E-state index in [9.17, 15) is 8.42 Å². The maximum atomic E-state index is 11.4. The minimum atomic E-state index is -3.30. The van der Waals surface area contributed by atoms with Gasteiger partial charge in [-0.1, -0.05) is 5.16 Å². The van der Waals surface area contributed by atoms with Gasteiger partial charge in [0.1, 0.15) is 6.10 Å². The third kappa shape index (κ3) is 1.44. The first-order valence-corrected chi connectivity index (χ1v) is 5.16. The normalized spacial score (nSPS) is 29.8. The fourth-order valence-electron chi connectivity index (χ4n) is 1.22. The Balaban J connectivity index is 2.96. The Morgan fingerprint density at radius 3 is 2.50 bits per heavy atom. The van der Waals surface area contributed by atoms with Crippen molar-refractivity contribution in [3.63, 3.8) is 0 Å². The van der Waals surface area contributed by atoms with Gasteiger partial charge in [0.05, 0.1) is 5.71 Å². The molecule has 6 heteroatoms. The van der Waals surface area contributed by atoms with Crippen molar-refractivity contribution < 1.29 is 13.3 Å². The number of nitrogens with one attached hydrogen (secondary N) is 1. The fraction of sp³-hybridized carbons (Fsp3) is 0.833. The maximum absolute atomic E-state index is 11.4. The smallest absolute Gasteiger partial charge is 0.223 e. The Kier molecular flexibility index (Phi) is 2.39. The van der Waals surface area contributed by atoms with Crippen LogP contribution >= 0.6 is 0 Å². The standard InChI is InChI=1S/C6H12N2O3S/c1-4-6(5(2)11-8-4)12(9,10)7-3/h5-7H,1-3H3. The maximum Gasteiger partial charge on any atom is 0.223 e. The average molecular weight is 192 g/mol. The van der Waals surface area contributed by atoms with Gasteiger partial charge in [-0.15, -0.1) is 0 Å². The summed E-state index contributed by atoms with van der Waals surface area (Å²) in [5.41, 5.74) is 0.497. The van der Waals surface area contributed by atoms with Crippen molar-refractivity contribution in [1.29, 1.82) is 0 Å². The molecular weight excluding hydrogens is 180 g/mol. The zero-order valence-electron chi connectivity index (χ0n) is 7.23. The van der Waals surface area contributed by atoms with E-state index in [2.05, 4.69) is 9.88 Å². The van der Waals surface area contributed by atoms with Gasteiger partial charge in [-0.2, -0.15) is 0 Å². The minimum absolute atomic E-state index is 0.401. The molecule has 0 aromatic rings. The molecule has 1 aliphatic heterocycles. The summed E-state index contributed by atoms with van der Waals surface area (Å²) in [6.07, 6.45) is -0.401. The average Bonchev–Trinajstić information content (AvgIpc) is 2.31. The number of hydrogen-bond donors (Lipinski definition) is 1. The van der Waals surface area contributed by atoms with Crippen molar-refractivity contribution in [3.05, 3.63) is 0 Å². The van der Waals surface area contributed by atoms with E-state index in [0.29, 0.717) is 5.71 Å². The molecule has 1 heterocycles. The highest BCUT2D eigenvalue weighted by molar-refractivity contribution is 7.90. The molecule has 0 saturated carbocycles. The largest absolute Gasteiger partial charge is 0.391 e. The molecule has 0 aliphatic carbocycles. The molecule has 0 spiro atoms. The van der Waals surface area contributed by atoms with Gasteiger partial charge in [-0.05, 0) is 20.9 Å². The zero-order valence-corrected chi connectivity index (χ0v) is 8.05. The van der Waals surface area contributed by atoms with E-state index in [1.165, 1.54) is 7.05 Å². The van der Waals surface area contributed by atoms with Crippen molar-refractivity contribution in [2.75, 3.05) is 7.05 Å². The lowest BCUT2D eigenvalue weighted by Gasteiger charge is -2.13. The van der Waals surface area contributed by atoms with Gasteiger partial charge in [0.2, 0.25) is 10.0 Å². The molecule has 0 radical (unpaired) electrons. The van der Waals surface area contributed by atoms with Crippen molar-refractivity contribution in [2.24, 2.45) is 5.16 Å². The van der Waals surface area contributed by atoms with Crippen LogP contribution < -0.4 is 4.72 Å². The van der Waals surface area contributed by atoms with Crippen LogP contribution in [0.5, 0.6) is 0 Å². The van der Waals surface area contributed by atoms with E-state index in [0.717, 1.165) is 0 Å². The quantitative estimate of drug-likeness (QED) is 0.653. The van der Waals surface area contributed by atoms with Crippen LogP contribution in [0.25, 0.3) is 0 Å². The molecule has 2 unspecified atom stereocenters. The summed E-state index contributed by atoms with van der Waals surface area (Å²) in [5.74, 6) is 0. The Morgan fingerprint density at radius 2 is 2.17 bits per heavy atom. The second-order valence-electron chi connectivity index (χ2n) is 2.71. The number of hydrogen-bond acceptors (Lipinski definition) is 4. The van der Waals surface area contributed by atoms with E-state index in [4.69, 9.17) is 4.84 Å². The number of nitrogens with zero attached hydrogens (tertiary/aromatic N) is 1. The summed E-state index contributed by atoms with van der Waals surface area (Å²) in [5, 5.41) is 2.96. The van der Waals surface area contributed by atoms with Crippen molar-refractivity contribution >= 4 is 15.7 Å². The van der Waals surface area contributed by atoms with Gasteiger partial charge in [0.25, 0.3) is 0 Å². The van der Waals surface area contributed by atoms with Crippen LogP contribution in [0.2, 0.25) is 0 Å². The lowest BCUT2D eigenvalue weighted by molar-refractivity contribution is 0.101. The van der Waals surface area contributed by atoms with Crippen LogP contribution in [0.1, 0.15) is 13.8 Å². The Morgan fingerprint density at radius 1 is 1.58 bits per heavy atom. The third-order valence-electron chi connectivity index (χ3n) is 1.82. The molecule has 1 rings (SSSR count). The monoisotopic (exact) mass is 192 g/mol. The fourth-order valence-corrected chi connectivity index (χ4v) is 2.52. The molecule has 0 aromatic heterocycles. The van der Waals surface area contributed by atoms with E-state index in [-0.39, 0.29) is 0 Å². The van der Waals surface area contributed by atoms with Crippen LogP contribution in [0.4, 0.5) is 0 Å². The molecule has 1 N–H and O–H groups in total. The number of rotatable bonds is 2.